The number of benzene rings is 2. The highest BCUT2D eigenvalue weighted by atomic mass is 35.5. The van der Waals surface area contributed by atoms with Crippen molar-refractivity contribution in [3.8, 4) is 11.3 Å². The van der Waals surface area contributed by atoms with Crippen LogP contribution in [0.1, 0.15) is 11.3 Å². The Morgan fingerprint density at radius 1 is 0.889 bits per heavy atom. The molecule has 1 aliphatic rings. The van der Waals surface area contributed by atoms with Gasteiger partial charge in [0.25, 0.3) is 0 Å². The van der Waals surface area contributed by atoms with Crippen LogP contribution >= 0.6 is 34.8 Å². The van der Waals surface area contributed by atoms with Gasteiger partial charge >= 0.3 is 5.97 Å². The predicted octanol–water partition coefficient (Wildman–Crippen LogP) is 6.25. The Morgan fingerprint density at radius 3 is 2.37 bits per heavy atom. The zero-order chi connectivity index (χ0) is 19.0. The Morgan fingerprint density at radius 2 is 1.63 bits per heavy atom. The molecule has 0 radical (unpaired) electrons. The third-order valence-corrected chi connectivity index (χ3v) is 4.62. The van der Waals surface area contributed by atoms with Gasteiger partial charge in [-0.05, 0) is 54.6 Å². The summed E-state index contributed by atoms with van der Waals surface area (Å²) in [5.41, 5.74) is 1.47. The van der Waals surface area contributed by atoms with E-state index in [0.29, 0.717) is 32.2 Å². The van der Waals surface area contributed by atoms with Crippen LogP contribution in [0.15, 0.2) is 69.7 Å². The normalized spacial score (nSPS) is 15.1. The summed E-state index contributed by atoms with van der Waals surface area (Å²) in [6, 6.07) is 15.6. The number of halogens is 3. The van der Waals surface area contributed by atoms with E-state index < -0.39 is 5.97 Å². The second-order valence-electron chi connectivity index (χ2n) is 5.67. The van der Waals surface area contributed by atoms with Gasteiger partial charge < -0.3 is 9.15 Å². The van der Waals surface area contributed by atoms with Crippen LogP contribution in [0.2, 0.25) is 15.1 Å². The molecule has 0 spiro atoms. The molecule has 7 heteroatoms. The first-order valence-corrected chi connectivity index (χ1v) is 8.97. The highest BCUT2D eigenvalue weighted by Crippen LogP contribution is 2.28. The highest BCUT2D eigenvalue weighted by molar-refractivity contribution is 6.37. The third kappa shape index (κ3) is 3.78. The summed E-state index contributed by atoms with van der Waals surface area (Å²) in [6.07, 6.45) is 1.51. The molecular formula is C20H10Cl3NO3. The molecule has 0 saturated heterocycles. The molecule has 3 aromatic rings. The maximum atomic E-state index is 12.1. The van der Waals surface area contributed by atoms with Gasteiger partial charge in [0.2, 0.25) is 5.90 Å². The lowest BCUT2D eigenvalue weighted by Gasteiger charge is -2.02. The molecule has 0 saturated carbocycles. The molecule has 0 fully saturated rings. The fraction of sp³-hybridized carbons (Fsp3) is 0. The number of nitrogens with zero attached hydrogens (tertiary/aromatic N) is 1. The van der Waals surface area contributed by atoms with Gasteiger partial charge in [0.15, 0.2) is 5.70 Å². The van der Waals surface area contributed by atoms with E-state index in [9.17, 15) is 4.79 Å². The van der Waals surface area contributed by atoms with Crippen molar-refractivity contribution in [3.63, 3.8) is 0 Å². The first-order valence-electron chi connectivity index (χ1n) is 7.83. The van der Waals surface area contributed by atoms with Crippen molar-refractivity contribution in [2.45, 2.75) is 0 Å². The number of ether oxygens (including phenoxy) is 1. The van der Waals surface area contributed by atoms with Crippen LogP contribution in [0.4, 0.5) is 0 Å². The lowest BCUT2D eigenvalue weighted by Crippen LogP contribution is -2.05. The van der Waals surface area contributed by atoms with Crippen LogP contribution in [0.25, 0.3) is 17.4 Å². The zero-order valence-electron chi connectivity index (χ0n) is 13.6. The fourth-order valence-electron chi connectivity index (χ4n) is 2.52. The quantitative estimate of drug-likeness (QED) is 0.373. The molecule has 0 N–H and O–H groups in total. The Labute approximate surface area is 169 Å². The molecule has 4 nitrogen and oxygen atoms in total. The molecule has 134 valence electrons. The number of furan rings is 1. The van der Waals surface area contributed by atoms with Crippen molar-refractivity contribution in [2.24, 2.45) is 4.99 Å². The Balaban J connectivity index is 1.63. The summed E-state index contributed by atoms with van der Waals surface area (Å²) < 4.78 is 11.0. The maximum Gasteiger partial charge on any atom is 0.363 e. The molecule has 0 amide bonds. The standard InChI is InChI=1S/C20H10Cl3NO3/c21-12-3-1-11(2-4-12)18-8-6-14(26-18)10-17-20(25)27-19(24-17)15-7-5-13(22)9-16(15)23/h1-10H/b17-10-. The van der Waals surface area contributed by atoms with E-state index in [-0.39, 0.29) is 11.6 Å². The number of aliphatic imine (C=N–C) groups is 1. The topological polar surface area (TPSA) is 51.8 Å². The summed E-state index contributed by atoms with van der Waals surface area (Å²) in [5.74, 6) is 0.659. The van der Waals surface area contributed by atoms with Crippen molar-refractivity contribution < 1.29 is 13.9 Å². The summed E-state index contributed by atoms with van der Waals surface area (Å²) >= 11 is 17.9. The summed E-state index contributed by atoms with van der Waals surface area (Å²) in [5, 5.41) is 1.47. The average Bonchev–Trinajstić information content (AvgIpc) is 3.23. The zero-order valence-corrected chi connectivity index (χ0v) is 15.8. The minimum absolute atomic E-state index is 0.119. The van der Waals surface area contributed by atoms with Crippen LogP contribution in [0, 0.1) is 0 Å². The molecule has 1 aromatic heterocycles. The first-order chi connectivity index (χ1) is 13.0. The van der Waals surface area contributed by atoms with E-state index in [1.807, 2.05) is 12.1 Å². The molecule has 0 unspecified atom stereocenters. The maximum absolute atomic E-state index is 12.1. The van der Waals surface area contributed by atoms with Gasteiger partial charge in [0, 0.05) is 21.7 Å². The van der Waals surface area contributed by atoms with Gasteiger partial charge in [0.05, 0.1) is 10.6 Å². The van der Waals surface area contributed by atoms with E-state index in [1.54, 1.807) is 42.5 Å². The Kier molecular flexibility index (Phi) is 4.79. The summed E-state index contributed by atoms with van der Waals surface area (Å²) in [4.78, 5) is 16.3. The van der Waals surface area contributed by atoms with E-state index >= 15 is 0 Å². The second-order valence-corrected chi connectivity index (χ2v) is 6.95. The smallest absolute Gasteiger partial charge is 0.363 e. The van der Waals surface area contributed by atoms with E-state index in [1.165, 1.54) is 6.08 Å². The van der Waals surface area contributed by atoms with E-state index in [0.717, 1.165) is 5.56 Å². The lowest BCUT2D eigenvalue weighted by molar-refractivity contribution is -0.129. The predicted molar refractivity (Wildman–Crippen MR) is 106 cm³/mol. The van der Waals surface area contributed by atoms with Gasteiger partial charge in [-0.1, -0.05) is 34.8 Å². The largest absolute Gasteiger partial charge is 0.457 e. The van der Waals surface area contributed by atoms with Gasteiger partial charge in [0.1, 0.15) is 11.5 Å². The SMILES string of the molecule is O=C1OC(c2ccc(Cl)cc2Cl)=N/C1=C\c1ccc(-c2ccc(Cl)cc2)o1. The molecule has 4 rings (SSSR count). The van der Waals surface area contributed by atoms with Crippen molar-refractivity contribution in [2.75, 3.05) is 0 Å². The van der Waals surface area contributed by atoms with Gasteiger partial charge in [-0.15, -0.1) is 0 Å². The monoisotopic (exact) mass is 417 g/mol. The van der Waals surface area contributed by atoms with Crippen molar-refractivity contribution in [1.29, 1.82) is 0 Å². The summed E-state index contributed by atoms with van der Waals surface area (Å²) in [6.45, 7) is 0. The van der Waals surface area contributed by atoms with Gasteiger partial charge in [-0.2, -0.15) is 0 Å². The number of cyclic esters (lactones) is 1. The number of carbonyl (C=O) groups is 1. The molecule has 1 aliphatic heterocycles. The fourth-order valence-corrected chi connectivity index (χ4v) is 3.14. The van der Waals surface area contributed by atoms with Gasteiger partial charge in [-0.25, -0.2) is 9.79 Å². The molecular weight excluding hydrogens is 409 g/mol. The number of rotatable bonds is 3. The van der Waals surface area contributed by atoms with Crippen LogP contribution in [-0.4, -0.2) is 11.9 Å². The van der Waals surface area contributed by atoms with Crippen LogP contribution < -0.4 is 0 Å². The number of esters is 1. The molecule has 0 aliphatic carbocycles. The molecule has 2 heterocycles. The van der Waals surface area contributed by atoms with E-state index in [4.69, 9.17) is 44.0 Å². The highest BCUT2D eigenvalue weighted by Gasteiger charge is 2.26. The van der Waals surface area contributed by atoms with Crippen LogP contribution in [-0.2, 0) is 9.53 Å². The van der Waals surface area contributed by atoms with Gasteiger partial charge in [-0.3, -0.25) is 0 Å². The minimum Gasteiger partial charge on any atom is -0.457 e. The van der Waals surface area contributed by atoms with Crippen LogP contribution in [0.5, 0.6) is 0 Å². The van der Waals surface area contributed by atoms with Crippen LogP contribution in [0.3, 0.4) is 0 Å². The molecule has 27 heavy (non-hydrogen) atoms. The first kappa shape index (κ1) is 17.9. The number of carbonyl (C=O) groups excluding carboxylic acids is 1. The summed E-state index contributed by atoms with van der Waals surface area (Å²) in [7, 11) is 0. The average molecular weight is 419 g/mol. The third-order valence-electron chi connectivity index (χ3n) is 3.82. The van der Waals surface area contributed by atoms with Crippen molar-refractivity contribution >= 4 is 52.7 Å². The number of hydrogen-bond acceptors (Lipinski definition) is 4. The lowest BCUT2D eigenvalue weighted by atomic mass is 10.2. The minimum atomic E-state index is -0.583. The van der Waals surface area contributed by atoms with Crippen molar-refractivity contribution in [1.82, 2.24) is 0 Å². The molecule has 0 atom stereocenters. The van der Waals surface area contributed by atoms with E-state index in [2.05, 4.69) is 4.99 Å². The molecule has 0 bridgehead atoms. The second kappa shape index (κ2) is 7.24. The molecule has 2 aromatic carbocycles. The Bertz CT molecular complexity index is 1100. The number of hydrogen-bond donors (Lipinski definition) is 0. The van der Waals surface area contributed by atoms with Crippen molar-refractivity contribution in [3.05, 3.63) is 86.7 Å². The Hall–Kier alpha value is -2.53.